The third kappa shape index (κ3) is 6.05. The van der Waals surface area contributed by atoms with Crippen LogP contribution in [-0.4, -0.2) is 0 Å². The van der Waals surface area contributed by atoms with Crippen molar-refractivity contribution in [3.63, 3.8) is 0 Å². The molecule has 0 bridgehead atoms. The first kappa shape index (κ1) is 23.6. The van der Waals surface area contributed by atoms with Gasteiger partial charge >= 0.3 is 0 Å². The first-order valence-electron chi connectivity index (χ1n) is 13.0. The van der Waals surface area contributed by atoms with Gasteiger partial charge in [-0.2, -0.15) is 0 Å². The minimum atomic E-state index is -0.101. The number of rotatable bonds is 7. The van der Waals surface area contributed by atoms with Crippen LogP contribution in [0, 0.1) is 23.6 Å². The molecule has 0 heterocycles. The Labute approximate surface area is 199 Å². The highest BCUT2D eigenvalue weighted by atomic mass is 19.1. The van der Waals surface area contributed by atoms with Gasteiger partial charge in [0.05, 0.1) is 0 Å². The van der Waals surface area contributed by atoms with Crippen molar-refractivity contribution in [1.82, 2.24) is 0 Å². The van der Waals surface area contributed by atoms with Crippen LogP contribution in [0.1, 0.15) is 99.8 Å². The summed E-state index contributed by atoms with van der Waals surface area (Å²) in [5, 5.41) is 1.59. The van der Waals surface area contributed by atoms with E-state index in [1.54, 1.807) is 0 Å². The summed E-state index contributed by atoms with van der Waals surface area (Å²) < 4.78 is 14.5. The quantitative estimate of drug-likeness (QED) is 0.254. The van der Waals surface area contributed by atoms with Crippen molar-refractivity contribution in [2.75, 3.05) is 0 Å². The van der Waals surface area contributed by atoms with Gasteiger partial charge in [-0.1, -0.05) is 88.1 Å². The number of aryl methyl sites for hydroxylation is 1. The Morgan fingerprint density at radius 2 is 1.52 bits per heavy atom. The molecular formula is C32H37F. The van der Waals surface area contributed by atoms with Crippen LogP contribution in [0.5, 0.6) is 0 Å². The molecule has 0 aliphatic heterocycles. The van der Waals surface area contributed by atoms with Crippen molar-refractivity contribution in [3.8, 4) is 11.8 Å². The predicted octanol–water partition coefficient (Wildman–Crippen LogP) is 9.19. The molecule has 0 saturated heterocycles. The maximum Gasteiger partial charge on any atom is 0.134 e. The summed E-state index contributed by atoms with van der Waals surface area (Å²) in [6.07, 6.45) is 13.1. The standard InChI is InChI=1S/C32H37F/c1-3-5-6-7-8-24-11-16-28(17-12-24)29-18-13-25(14-19-29)9-10-26-15-22-31-30(23-26)21-20-27(4-2)32(31)33/h13-15,18-24,28H,3-8,11-12,16-17H2,1-2H3. The molecular weight excluding hydrogens is 403 g/mol. The number of fused-ring (bicyclic) bond motifs is 1. The smallest absolute Gasteiger partial charge is 0.134 e. The summed E-state index contributed by atoms with van der Waals surface area (Å²) in [6.45, 7) is 4.27. The van der Waals surface area contributed by atoms with E-state index in [1.165, 1.54) is 63.4 Å². The lowest BCUT2D eigenvalue weighted by Crippen LogP contribution is -2.13. The molecule has 0 radical (unpaired) electrons. The average Bonchev–Trinajstić information content (AvgIpc) is 2.86. The summed E-state index contributed by atoms with van der Waals surface area (Å²) in [5.41, 5.74) is 4.20. The molecule has 0 nitrogen and oxygen atoms in total. The zero-order valence-corrected chi connectivity index (χ0v) is 20.3. The van der Waals surface area contributed by atoms with Gasteiger partial charge in [-0.3, -0.25) is 0 Å². The van der Waals surface area contributed by atoms with Gasteiger partial charge in [-0.05, 0) is 84.7 Å². The Bertz CT molecular complexity index is 1100. The molecule has 0 amide bonds. The third-order valence-electron chi connectivity index (χ3n) is 7.46. The maximum absolute atomic E-state index is 14.5. The van der Waals surface area contributed by atoms with Crippen molar-refractivity contribution in [1.29, 1.82) is 0 Å². The molecule has 172 valence electrons. The highest BCUT2D eigenvalue weighted by molar-refractivity contribution is 5.85. The molecule has 0 atom stereocenters. The fourth-order valence-corrected chi connectivity index (χ4v) is 5.32. The predicted molar refractivity (Wildman–Crippen MR) is 139 cm³/mol. The first-order chi connectivity index (χ1) is 16.2. The van der Waals surface area contributed by atoms with Gasteiger partial charge < -0.3 is 0 Å². The zero-order chi connectivity index (χ0) is 23.0. The van der Waals surface area contributed by atoms with Crippen LogP contribution in [0.4, 0.5) is 4.39 Å². The summed E-state index contributed by atoms with van der Waals surface area (Å²) in [4.78, 5) is 0. The lowest BCUT2D eigenvalue weighted by Gasteiger charge is -2.29. The number of unbranched alkanes of at least 4 members (excludes halogenated alkanes) is 3. The first-order valence-corrected chi connectivity index (χ1v) is 13.0. The van der Waals surface area contributed by atoms with Crippen LogP contribution in [-0.2, 0) is 6.42 Å². The molecule has 1 aliphatic rings. The average molecular weight is 441 g/mol. The Morgan fingerprint density at radius 3 is 2.24 bits per heavy atom. The SMILES string of the molecule is CCCCCCC1CCC(c2ccc(C#Cc3ccc4c(F)c(CC)ccc4c3)cc2)CC1. The molecule has 4 rings (SSSR count). The van der Waals surface area contributed by atoms with E-state index in [1.807, 2.05) is 37.3 Å². The molecule has 1 fully saturated rings. The van der Waals surface area contributed by atoms with Crippen LogP contribution < -0.4 is 0 Å². The molecule has 3 aromatic carbocycles. The van der Waals surface area contributed by atoms with E-state index >= 15 is 0 Å². The van der Waals surface area contributed by atoms with Gasteiger partial charge in [0.1, 0.15) is 5.82 Å². The topological polar surface area (TPSA) is 0 Å². The van der Waals surface area contributed by atoms with E-state index in [4.69, 9.17) is 0 Å². The van der Waals surface area contributed by atoms with E-state index in [9.17, 15) is 4.39 Å². The summed E-state index contributed by atoms with van der Waals surface area (Å²) in [5.74, 6) is 8.11. The number of halogens is 1. The molecule has 1 saturated carbocycles. The second kappa shape index (κ2) is 11.5. The minimum Gasteiger partial charge on any atom is -0.206 e. The molecule has 0 spiro atoms. The third-order valence-corrected chi connectivity index (χ3v) is 7.46. The van der Waals surface area contributed by atoms with E-state index in [2.05, 4.69) is 43.0 Å². The van der Waals surface area contributed by atoms with Gasteiger partial charge in [0.25, 0.3) is 0 Å². The number of hydrogen-bond acceptors (Lipinski definition) is 0. The number of hydrogen-bond donors (Lipinski definition) is 0. The fourth-order valence-electron chi connectivity index (χ4n) is 5.32. The van der Waals surface area contributed by atoms with Gasteiger partial charge in [-0.15, -0.1) is 0 Å². The Balaban J connectivity index is 1.35. The highest BCUT2D eigenvalue weighted by Crippen LogP contribution is 2.37. The molecule has 0 aromatic heterocycles. The van der Waals surface area contributed by atoms with E-state index < -0.39 is 0 Å². The lowest BCUT2D eigenvalue weighted by molar-refractivity contribution is 0.302. The van der Waals surface area contributed by atoms with Crippen molar-refractivity contribution in [2.24, 2.45) is 5.92 Å². The van der Waals surface area contributed by atoms with E-state index in [-0.39, 0.29) is 5.82 Å². The van der Waals surface area contributed by atoms with Gasteiger partial charge in [-0.25, -0.2) is 4.39 Å². The van der Waals surface area contributed by atoms with Crippen LogP contribution in [0.3, 0.4) is 0 Å². The summed E-state index contributed by atoms with van der Waals surface area (Å²) >= 11 is 0. The highest BCUT2D eigenvalue weighted by Gasteiger charge is 2.21. The van der Waals surface area contributed by atoms with Gasteiger partial charge in [0, 0.05) is 16.5 Å². The van der Waals surface area contributed by atoms with Crippen molar-refractivity contribution in [2.45, 2.75) is 84.0 Å². The fraction of sp³-hybridized carbons (Fsp3) is 0.438. The Kier molecular flexibility index (Phi) is 8.22. The maximum atomic E-state index is 14.5. The summed E-state index contributed by atoms with van der Waals surface area (Å²) in [7, 11) is 0. The van der Waals surface area contributed by atoms with Crippen molar-refractivity contribution in [3.05, 3.63) is 82.7 Å². The molecule has 0 unspecified atom stereocenters. The normalized spacial score (nSPS) is 18.2. The molecule has 0 N–H and O–H groups in total. The molecule has 3 aromatic rings. The van der Waals surface area contributed by atoms with E-state index in [0.29, 0.717) is 17.7 Å². The molecule has 33 heavy (non-hydrogen) atoms. The van der Waals surface area contributed by atoms with Crippen LogP contribution in [0.2, 0.25) is 0 Å². The largest absolute Gasteiger partial charge is 0.206 e. The molecule has 1 heteroatoms. The monoisotopic (exact) mass is 440 g/mol. The zero-order valence-electron chi connectivity index (χ0n) is 20.3. The van der Waals surface area contributed by atoms with Crippen molar-refractivity contribution < 1.29 is 4.39 Å². The van der Waals surface area contributed by atoms with Gasteiger partial charge in [0.15, 0.2) is 0 Å². The Morgan fingerprint density at radius 1 is 0.788 bits per heavy atom. The number of benzene rings is 3. The second-order valence-electron chi connectivity index (χ2n) is 9.77. The minimum absolute atomic E-state index is 0.101. The Hall–Kier alpha value is -2.59. The van der Waals surface area contributed by atoms with Crippen LogP contribution >= 0.6 is 0 Å². The van der Waals surface area contributed by atoms with Crippen LogP contribution in [0.25, 0.3) is 10.8 Å². The lowest BCUT2D eigenvalue weighted by atomic mass is 9.77. The summed E-state index contributed by atoms with van der Waals surface area (Å²) in [6, 6.07) is 18.5. The second-order valence-corrected chi connectivity index (χ2v) is 9.77. The van der Waals surface area contributed by atoms with Gasteiger partial charge in [0.2, 0.25) is 0 Å². The molecule has 1 aliphatic carbocycles. The van der Waals surface area contributed by atoms with Crippen molar-refractivity contribution >= 4 is 10.8 Å². The van der Waals surface area contributed by atoms with E-state index in [0.717, 1.165) is 28.0 Å². The van der Waals surface area contributed by atoms with Crippen LogP contribution in [0.15, 0.2) is 54.6 Å².